The van der Waals surface area contributed by atoms with E-state index < -0.39 is 11.6 Å². The van der Waals surface area contributed by atoms with Gasteiger partial charge >= 0.3 is 0 Å². The number of carbonyl (C=O) groups is 1. The first-order valence-electron chi connectivity index (χ1n) is 8.96. The van der Waals surface area contributed by atoms with Gasteiger partial charge in [0.05, 0.1) is 11.4 Å². The molecule has 0 bridgehead atoms. The molecule has 4 rings (SSSR count). The first-order valence-corrected chi connectivity index (χ1v) is 9.75. The van der Waals surface area contributed by atoms with Gasteiger partial charge in [-0.3, -0.25) is 4.79 Å². The van der Waals surface area contributed by atoms with Crippen LogP contribution < -0.4 is 5.32 Å². The Labute approximate surface area is 168 Å². The minimum absolute atomic E-state index is 0.247. The van der Waals surface area contributed by atoms with Gasteiger partial charge in [0.2, 0.25) is 0 Å². The number of amides is 1. The van der Waals surface area contributed by atoms with Crippen LogP contribution in [0.5, 0.6) is 0 Å². The van der Waals surface area contributed by atoms with Crippen LogP contribution in [0, 0.1) is 11.6 Å². The van der Waals surface area contributed by atoms with Gasteiger partial charge in [-0.15, -0.1) is 5.10 Å². The van der Waals surface area contributed by atoms with Gasteiger partial charge in [0.1, 0.15) is 11.6 Å². The number of hydrogen-bond acceptors (Lipinski definition) is 3. The second kappa shape index (κ2) is 7.79. The molecule has 1 saturated carbocycles. The number of nitrogens with zero attached hydrogens (tertiary/aromatic N) is 3. The summed E-state index contributed by atoms with van der Waals surface area (Å²) in [6, 6.07) is 11.0. The van der Waals surface area contributed by atoms with E-state index >= 15 is 0 Å². The van der Waals surface area contributed by atoms with Gasteiger partial charge in [0, 0.05) is 23.0 Å². The molecule has 28 heavy (non-hydrogen) atoms. The van der Waals surface area contributed by atoms with Gasteiger partial charge in [0.25, 0.3) is 5.91 Å². The van der Waals surface area contributed by atoms with Gasteiger partial charge in [-0.2, -0.15) is 0 Å². The van der Waals surface area contributed by atoms with Gasteiger partial charge in [-0.25, -0.2) is 13.5 Å². The molecular formula is C20H17BrF2N4O. The summed E-state index contributed by atoms with van der Waals surface area (Å²) in [7, 11) is 0. The number of benzene rings is 2. The van der Waals surface area contributed by atoms with Gasteiger partial charge in [0.15, 0.2) is 5.69 Å². The molecule has 8 heteroatoms. The van der Waals surface area contributed by atoms with Gasteiger partial charge in [-0.05, 0) is 61.2 Å². The van der Waals surface area contributed by atoms with Crippen LogP contribution in [0.15, 0.2) is 46.9 Å². The predicted molar refractivity (Wildman–Crippen MR) is 103 cm³/mol. The SMILES string of the molecule is O=C(NCCc1cc(F)cc(F)c1)c1nnn(-c2ccc(Br)cc2)c1C1CC1. The molecule has 0 aliphatic heterocycles. The summed E-state index contributed by atoms with van der Waals surface area (Å²) in [5.74, 6) is -1.33. The van der Waals surface area contributed by atoms with Crippen molar-refractivity contribution in [3.63, 3.8) is 0 Å². The molecule has 1 aromatic heterocycles. The third kappa shape index (κ3) is 4.11. The number of halogens is 3. The van der Waals surface area contributed by atoms with E-state index in [0.717, 1.165) is 34.8 Å². The standard InChI is InChI=1S/C20H17BrF2N4O/c21-14-3-5-17(6-4-14)27-19(13-1-2-13)18(25-26-27)20(28)24-8-7-12-9-15(22)11-16(23)10-12/h3-6,9-11,13H,1-2,7-8H2,(H,24,28). The zero-order valence-electron chi connectivity index (χ0n) is 14.8. The van der Waals surface area contributed by atoms with Crippen molar-refractivity contribution in [3.8, 4) is 5.69 Å². The van der Waals surface area contributed by atoms with Crippen molar-refractivity contribution in [2.45, 2.75) is 25.2 Å². The molecule has 2 aromatic carbocycles. The Morgan fingerprint density at radius 3 is 2.46 bits per heavy atom. The fourth-order valence-electron chi connectivity index (χ4n) is 3.11. The Morgan fingerprint density at radius 2 is 1.82 bits per heavy atom. The average Bonchev–Trinajstić information content (AvgIpc) is 3.39. The lowest BCUT2D eigenvalue weighted by Crippen LogP contribution is -2.27. The molecule has 1 aliphatic rings. The lowest BCUT2D eigenvalue weighted by molar-refractivity contribution is 0.0948. The summed E-state index contributed by atoms with van der Waals surface area (Å²) >= 11 is 3.41. The van der Waals surface area contributed by atoms with Crippen molar-refractivity contribution in [3.05, 3.63) is 75.5 Å². The Kier molecular flexibility index (Phi) is 5.21. The molecule has 3 aromatic rings. The minimum Gasteiger partial charge on any atom is -0.350 e. The molecule has 0 radical (unpaired) electrons. The van der Waals surface area contributed by atoms with Crippen molar-refractivity contribution in [2.24, 2.45) is 0 Å². The maximum absolute atomic E-state index is 13.3. The smallest absolute Gasteiger partial charge is 0.273 e. The fraction of sp³-hybridized carbons (Fsp3) is 0.250. The molecule has 0 unspecified atom stereocenters. The normalized spacial score (nSPS) is 13.5. The molecule has 5 nitrogen and oxygen atoms in total. The molecule has 0 atom stereocenters. The highest BCUT2D eigenvalue weighted by Gasteiger charge is 2.34. The monoisotopic (exact) mass is 446 g/mol. The van der Waals surface area contributed by atoms with E-state index in [2.05, 4.69) is 31.6 Å². The van der Waals surface area contributed by atoms with Crippen molar-refractivity contribution in [1.29, 1.82) is 0 Å². The predicted octanol–water partition coefficient (Wildman–Crippen LogP) is 4.16. The van der Waals surface area contributed by atoms with Crippen LogP contribution >= 0.6 is 15.9 Å². The lowest BCUT2D eigenvalue weighted by Gasteiger charge is -2.08. The molecule has 1 fully saturated rings. The Morgan fingerprint density at radius 1 is 1.14 bits per heavy atom. The van der Waals surface area contributed by atoms with E-state index in [1.54, 1.807) is 4.68 Å². The van der Waals surface area contributed by atoms with Crippen LogP contribution in [0.25, 0.3) is 5.69 Å². The number of nitrogens with one attached hydrogen (secondary N) is 1. The van der Waals surface area contributed by atoms with E-state index in [0.29, 0.717) is 17.7 Å². The summed E-state index contributed by atoms with van der Waals surface area (Å²) in [6.45, 7) is 0.247. The van der Waals surface area contributed by atoms with Crippen LogP contribution in [0.2, 0.25) is 0 Å². The maximum Gasteiger partial charge on any atom is 0.273 e. The lowest BCUT2D eigenvalue weighted by atomic mass is 10.1. The summed E-state index contributed by atoms with van der Waals surface area (Å²) in [5, 5.41) is 11.1. The zero-order chi connectivity index (χ0) is 19.7. The molecule has 0 saturated heterocycles. The van der Waals surface area contributed by atoms with Gasteiger partial charge < -0.3 is 5.32 Å². The van der Waals surface area contributed by atoms with E-state index in [9.17, 15) is 13.6 Å². The zero-order valence-corrected chi connectivity index (χ0v) is 16.4. The third-order valence-corrected chi connectivity index (χ3v) is 5.11. The van der Waals surface area contributed by atoms with E-state index in [1.165, 1.54) is 12.1 Å². The van der Waals surface area contributed by atoms with Crippen LogP contribution in [0.1, 0.15) is 40.5 Å². The second-order valence-corrected chi connectivity index (χ2v) is 7.69. The Balaban J connectivity index is 1.49. The number of carbonyl (C=O) groups excluding carboxylic acids is 1. The Bertz CT molecular complexity index is 995. The van der Waals surface area contributed by atoms with E-state index in [4.69, 9.17) is 0 Å². The van der Waals surface area contributed by atoms with E-state index in [1.807, 2.05) is 24.3 Å². The molecular weight excluding hydrogens is 430 g/mol. The highest BCUT2D eigenvalue weighted by molar-refractivity contribution is 9.10. The molecule has 1 aliphatic carbocycles. The maximum atomic E-state index is 13.3. The first-order chi connectivity index (χ1) is 13.5. The topological polar surface area (TPSA) is 59.8 Å². The molecule has 1 heterocycles. The van der Waals surface area contributed by atoms with Crippen molar-refractivity contribution < 1.29 is 13.6 Å². The first kappa shape index (κ1) is 18.7. The summed E-state index contributed by atoms with van der Waals surface area (Å²) in [5.41, 5.74) is 2.43. The summed E-state index contributed by atoms with van der Waals surface area (Å²) in [4.78, 5) is 12.6. The third-order valence-electron chi connectivity index (χ3n) is 4.58. The van der Waals surface area contributed by atoms with Crippen LogP contribution in [0.3, 0.4) is 0 Å². The highest BCUT2D eigenvalue weighted by atomic mass is 79.9. The number of rotatable bonds is 6. The minimum atomic E-state index is -0.630. The van der Waals surface area contributed by atoms with Crippen molar-refractivity contribution in [1.82, 2.24) is 20.3 Å². The quantitative estimate of drug-likeness (QED) is 0.618. The van der Waals surface area contributed by atoms with Crippen LogP contribution in [0.4, 0.5) is 8.78 Å². The fourth-order valence-corrected chi connectivity index (χ4v) is 3.37. The van der Waals surface area contributed by atoms with Crippen molar-refractivity contribution >= 4 is 21.8 Å². The largest absolute Gasteiger partial charge is 0.350 e. The van der Waals surface area contributed by atoms with Gasteiger partial charge in [-0.1, -0.05) is 21.1 Å². The second-order valence-electron chi connectivity index (χ2n) is 6.77. The average molecular weight is 447 g/mol. The number of aromatic nitrogens is 3. The highest BCUT2D eigenvalue weighted by Crippen LogP contribution is 2.42. The molecule has 144 valence electrons. The summed E-state index contributed by atoms with van der Waals surface area (Å²) in [6.07, 6.45) is 2.31. The van der Waals surface area contributed by atoms with Crippen molar-refractivity contribution in [2.75, 3.05) is 6.54 Å². The van der Waals surface area contributed by atoms with Crippen LogP contribution in [-0.4, -0.2) is 27.4 Å². The van der Waals surface area contributed by atoms with Crippen LogP contribution in [-0.2, 0) is 6.42 Å². The molecule has 1 amide bonds. The Hall–Kier alpha value is -2.61. The van der Waals surface area contributed by atoms with E-state index in [-0.39, 0.29) is 18.4 Å². The molecule has 1 N–H and O–H groups in total. The number of hydrogen-bond donors (Lipinski definition) is 1. The summed E-state index contributed by atoms with van der Waals surface area (Å²) < 4.78 is 29.2. The molecule has 0 spiro atoms.